The Balaban J connectivity index is 3.23. The van der Waals surface area contributed by atoms with E-state index in [9.17, 15) is 18.0 Å². The monoisotopic (exact) mass is 219 g/mol. The number of aryl methyl sites for hydroxylation is 1. The Morgan fingerprint density at radius 3 is 2.27 bits per heavy atom. The Morgan fingerprint density at radius 2 is 1.93 bits per heavy atom. The van der Waals surface area contributed by atoms with Gasteiger partial charge in [0, 0.05) is 23.5 Å². The van der Waals surface area contributed by atoms with Crippen molar-refractivity contribution in [2.45, 2.75) is 33.5 Å². The van der Waals surface area contributed by atoms with E-state index in [1.54, 1.807) is 11.5 Å². The normalized spacial score (nSPS) is 11.9. The summed E-state index contributed by atoms with van der Waals surface area (Å²) in [6, 6.07) is 1.29. The summed E-state index contributed by atoms with van der Waals surface area (Å²) >= 11 is 0. The zero-order valence-electron chi connectivity index (χ0n) is 8.77. The van der Waals surface area contributed by atoms with E-state index in [4.69, 9.17) is 0 Å². The number of hydrogen-bond donors (Lipinski definition) is 0. The maximum atomic E-state index is 12.2. The van der Waals surface area contributed by atoms with Crippen LogP contribution in [0.15, 0.2) is 6.07 Å². The van der Waals surface area contributed by atoms with Crippen molar-refractivity contribution in [1.29, 1.82) is 0 Å². The zero-order chi connectivity index (χ0) is 11.8. The van der Waals surface area contributed by atoms with E-state index < -0.39 is 12.0 Å². The van der Waals surface area contributed by atoms with Crippen molar-refractivity contribution in [1.82, 2.24) is 4.57 Å². The van der Waals surface area contributed by atoms with E-state index in [1.165, 1.54) is 13.0 Å². The average molecular weight is 219 g/mol. The molecule has 0 aliphatic carbocycles. The van der Waals surface area contributed by atoms with Gasteiger partial charge in [0.05, 0.1) is 0 Å². The van der Waals surface area contributed by atoms with Crippen LogP contribution >= 0.6 is 0 Å². The first-order valence-corrected chi connectivity index (χ1v) is 4.57. The van der Waals surface area contributed by atoms with Gasteiger partial charge in [0.25, 0.3) is 5.78 Å². The number of alkyl halides is 3. The molecule has 2 nitrogen and oxygen atoms in total. The van der Waals surface area contributed by atoms with E-state index in [2.05, 4.69) is 0 Å². The molecular weight excluding hydrogens is 207 g/mol. The third-order valence-corrected chi connectivity index (χ3v) is 2.39. The molecule has 0 radical (unpaired) electrons. The van der Waals surface area contributed by atoms with Crippen LogP contribution in [-0.2, 0) is 6.54 Å². The van der Waals surface area contributed by atoms with Gasteiger partial charge >= 0.3 is 6.18 Å². The van der Waals surface area contributed by atoms with Crippen LogP contribution in [0.4, 0.5) is 13.2 Å². The molecule has 1 aromatic heterocycles. The first-order valence-electron chi connectivity index (χ1n) is 4.57. The van der Waals surface area contributed by atoms with Crippen molar-refractivity contribution >= 4 is 5.78 Å². The van der Waals surface area contributed by atoms with Crippen molar-refractivity contribution in [2.24, 2.45) is 0 Å². The molecule has 0 amide bonds. The lowest BCUT2D eigenvalue weighted by atomic mass is 10.1. The predicted molar refractivity (Wildman–Crippen MR) is 50.0 cm³/mol. The Morgan fingerprint density at radius 1 is 1.40 bits per heavy atom. The molecule has 15 heavy (non-hydrogen) atoms. The minimum Gasteiger partial charge on any atom is -0.349 e. The fraction of sp³-hybridized carbons (Fsp3) is 0.500. The molecule has 1 aromatic rings. The van der Waals surface area contributed by atoms with Crippen LogP contribution in [0, 0.1) is 13.8 Å². The summed E-state index contributed by atoms with van der Waals surface area (Å²) in [6.07, 6.45) is -4.79. The number of rotatable bonds is 2. The molecular formula is C10H12F3NO. The van der Waals surface area contributed by atoms with Gasteiger partial charge in [0.15, 0.2) is 0 Å². The lowest BCUT2D eigenvalue weighted by molar-refractivity contribution is -0.0885. The summed E-state index contributed by atoms with van der Waals surface area (Å²) in [5.41, 5.74) is 0.793. The number of carbonyl (C=O) groups excluding carboxylic acids is 1. The minimum absolute atomic E-state index is 0.248. The van der Waals surface area contributed by atoms with Gasteiger partial charge in [-0.15, -0.1) is 0 Å². The highest BCUT2D eigenvalue weighted by atomic mass is 19.4. The molecule has 0 saturated heterocycles. The molecule has 0 aliphatic heterocycles. The molecule has 1 rings (SSSR count). The SMILES string of the molecule is CCn1c(C)cc(C(=O)C(F)(F)F)c1C. The minimum atomic E-state index is -4.79. The summed E-state index contributed by atoms with van der Waals surface area (Å²) in [5, 5.41) is 0. The third-order valence-electron chi connectivity index (χ3n) is 2.39. The van der Waals surface area contributed by atoms with Gasteiger partial charge in [-0.2, -0.15) is 13.2 Å². The Kier molecular flexibility index (Phi) is 2.93. The molecule has 0 saturated carbocycles. The lowest BCUT2D eigenvalue weighted by Gasteiger charge is -2.07. The lowest BCUT2D eigenvalue weighted by Crippen LogP contribution is -2.23. The maximum absolute atomic E-state index is 12.2. The van der Waals surface area contributed by atoms with Crippen LogP contribution in [0.2, 0.25) is 0 Å². The molecule has 5 heteroatoms. The van der Waals surface area contributed by atoms with E-state index >= 15 is 0 Å². The standard InChI is InChI=1S/C10H12F3NO/c1-4-14-6(2)5-8(7(14)3)9(15)10(11,12)13/h5H,4H2,1-3H3. The van der Waals surface area contributed by atoms with E-state index in [0.29, 0.717) is 17.9 Å². The van der Waals surface area contributed by atoms with Crippen LogP contribution < -0.4 is 0 Å². The van der Waals surface area contributed by atoms with E-state index in [1.807, 2.05) is 6.92 Å². The highest BCUT2D eigenvalue weighted by molar-refractivity contribution is 6.01. The summed E-state index contributed by atoms with van der Waals surface area (Å²) in [7, 11) is 0. The van der Waals surface area contributed by atoms with Gasteiger partial charge in [-0.1, -0.05) is 0 Å². The maximum Gasteiger partial charge on any atom is 0.454 e. The van der Waals surface area contributed by atoms with Crippen molar-refractivity contribution in [3.05, 3.63) is 23.0 Å². The molecule has 0 spiro atoms. The number of ketones is 1. The Hall–Kier alpha value is -1.26. The van der Waals surface area contributed by atoms with E-state index in [0.717, 1.165) is 0 Å². The summed E-state index contributed by atoms with van der Waals surface area (Å²) in [5.74, 6) is -1.77. The molecule has 0 unspecified atom stereocenters. The first kappa shape index (κ1) is 11.8. The first-order chi connectivity index (χ1) is 6.79. The van der Waals surface area contributed by atoms with Gasteiger partial charge in [-0.25, -0.2) is 0 Å². The number of nitrogens with zero attached hydrogens (tertiary/aromatic N) is 1. The quantitative estimate of drug-likeness (QED) is 0.701. The summed E-state index contributed by atoms with van der Waals surface area (Å²) in [6.45, 7) is 5.59. The largest absolute Gasteiger partial charge is 0.454 e. The van der Waals surface area contributed by atoms with Gasteiger partial charge in [-0.3, -0.25) is 4.79 Å². The fourth-order valence-corrected chi connectivity index (χ4v) is 1.67. The summed E-state index contributed by atoms with van der Waals surface area (Å²) < 4.78 is 38.3. The van der Waals surface area contributed by atoms with Crippen LogP contribution in [0.1, 0.15) is 28.7 Å². The fourth-order valence-electron chi connectivity index (χ4n) is 1.67. The second-order valence-electron chi connectivity index (χ2n) is 3.36. The van der Waals surface area contributed by atoms with E-state index in [-0.39, 0.29) is 5.56 Å². The molecule has 0 atom stereocenters. The molecule has 84 valence electrons. The highest BCUT2D eigenvalue weighted by Crippen LogP contribution is 2.25. The average Bonchev–Trinajstić information content (AvgIpc) is 2.39. The van der Waals surface area contributed by atoms with Crippen LogP contribution in [-0.4, -0.2) is 16.5 Å². The van der Waals surface area contributed by atoms with Gasteiger partial charge in [0.2, 0.25) is 0 Å². The van der Waals surface area contributed by atoms with Crippen molar-refractivity contribution in [2.75, 3.05) is 0 Å². The highest BCUT2D eigenvalue weighted by Gasteiger charge is 2.40. The Bertz CT molecular complexity index is 390. The number of Topliss-reactive ketones (excluding diaryl/α,β-unsaturated/α-hetero) is 1. The predicted octanol–water partition coefficient (Wildman–Crippen LogP) is 2.87. The molecule has 0 aromatic carbocycles. The second kappa shape index (κ2) is 3.72. The van der Waals surface area contributed by atoms with Gasteiger partial charge < -0.3 is 4.57 Å². The molecule has 1 heterocycles. The second-order valence-corrected chi connectivity index (χ2v) is 3.36. The van der Waals surface area contributed by atoms with Crippen molar-refractivity contribution in [3.63, 3.8) is 0 Å². The topological polar surface area (TPSA) is 22.0 Å². The third kappa shape index (κ3) is 2.06. The molecule has 0 fully saturated rings. The van der Waals surface area contributed by atoms with Crippen LogP contribution in [0.3, 0.4) is 0 Å². The van der Waals surface area contributed by atoms with Crippen molar-refractivity contribution in [3.8, 4) is 0 Å². The number of halogens is 3. The number of aromatic nitrogens is 1. The number of hydrogen-bond acceptors (Lipinski definition) is 1. The summed E-state index contributed by atoms with van der Waals surface area (Å²) in [4.78, 5) is 11.0. The van der Waals surface area contributed by atoms with Crippen molar-refractivity contribution < 1.29 is 18.0 Å². The molecule has 0 aliphatic rings. The molecule has 0 N–H and O–H groups in total. The smallest absolute Gasteiger partial charge is 0.349 e. The van der Waals surface area contributed by atoms with Gasteiger partial charge in [-0.05, 0) is 26.8 Å². The Labute approximate surface area is 85.7 Å². The van der Waals surface area contributed by atoms with Crippen LogP contribution in [0.25, 0.3) is 0 Å². The molecule has 0 bridgehead atoms. The van der Waals surface area contributed by atoms with Gasteiger partial charge in [0.1, 0.15) is 0 Å². The van der Waals surface area contributed by atoms with Crippen LogP contribution in [0.5, 0.6) is 0 Å². The zero-order valence-corrected chi connectivity index (χ0v) is 8.77. The number of carbonyl (C=O) groups is 1.